The molecule has 2 aromatic rings. The number of carbonyl (C=O) groups excluding carboxylic acids is 1. The SMILES string of the molecule is COc1cccc(CN(C)Cc2ccc(C(=O)NN)o2)c1. The second-order valence-corrected chi connectivity index (χ2v) is 4.76. The number of hydrogen-bond acceptors (Lipinski definition) is 5. The number of nitrogens with zero attached hydrogens (tertiary/aromatic N) is 1. The molecule has 1 aromatic heterocycles. The second-order valence-electron chi connectivity index (χ2n) is 4.76. The number of amides is 1. The third-order valence-corrected chi connectivity index (χ3v) is 3.03. The third-order valence-electron chi connectivity index (χ3n) is 3.03. The van der Waals surface area contributed by atoms with Gasteiger partial charge in [-0.25, -0.2) is 5.84 Å². The molecule has 0 unspecified atom stereocenters. The van der Waals surface area contributed by atoms with Crippen molar-refractivity contribution in [3.05, 3.63) is 53.5 Å². The van der Waals surface area contributed by atoms with Crippen molar-refractivity contribution in [3.63, 3.8) is 0 Å². The summed E-state index contributed by atoms with van der Waals surface area (Å²) in [6.07, 6.45) is 0. The Kier molecular flexibility index (Phi) is 4.97. The average molecular weight is 289 g/mol. The highest BCUT2D eigenvalue weighted by Gasteiger charge is 2.11. The van der Waals surface area contributed by atoms with Crippen LogP contribution < -0.4 is 16.0 Å². The van der Waals surface area contributed by atoms with Crippen molar-refractivity contribution < 1.29 is 13.9 Å². The molecule has 0 spiro atoms. The lowest BCUT2D eigenvalue weighted by Gasteiger charge is -2.15. The van der Waals surface area contributed by atoms with Crippen LogP contribution in [0.25, 0.3) is 0 Å². The minimum Gasteiger partial charge on any atom is -0.497 e. The number of carbonyl (C=O) groups is 1. The van der Waals surface area contributed by atoms with Gasteiger partial charge in [-0.1, -0.05) is 12.1 Å². The lowest BCUT2D eigenvalue weighted by atomic mass is 10.2. The Labute approximate surface area is 123 Å². The van der Waals surface area contributed by atoms with Crippen molar-refractivity contribution in [1.82, 2.24) is 10.3 Å². The van der Waals surface area contributed by atoms with Crippen LogP contribution in [0.1, 0.15) is 21.9 Å². The Morgan fingerprint density at radius 3 is 2.86 bits per heavy atom. The largest absolute Gasteiger partial charge is 0.497 e. The number of hydrogen-bond donors (Lipinski definition) is 2. The van der Waals surface area contributed by atoms with Crippen molar-refractivity contribution >= 4 is 5.91 Å². The molecule has 0 atom stereocenters. The van der Waals surface area contributed by atoms with Crippen LogP contribution >= 0.6 is 0 Å². The van der Waals surface area contributed by atoms with E-state index in [1.165, 1.54) is 0 Å². The predicted molar refractivity (Wildman–Crippen MR) is 78.5 cm³/mol. The molecule has 3 N–H and O–H groups in total. The summed E-state index contributed by atoms with van der Waals surface area (Å²) in [6, 6.07) is 11.3. The zero-order valence-corrected chi connectivity index (χ0v) is 12.1. The Bertz CT molecular complexity index is 610. The molecule has 0 saturated heterocycles. The maximum Gasteiger partial charge on any atom is 0.300 e. The molecule has 1 heterocycles. The molecule has 0 aliphatic heterocycles. The smallest absolute Gasteiger partial charge is 0.300 e. The average Bonchev–Trinajstić information content (AvgIpc) is 2.94. The molecular formula is C15H19N3O3. The van der Waals surface area contributed by atoms with E-state index in [0.717, 1.165) is 17.9 Å². The first-order valence-electron chi connectivity index (χ1n) is 6.53. The Morgan fingerprint density at radius 1 is 1.33 bits per heavy atom. The van der Waals surface area contributed by atoms with Crippen molar-refractivity contribution in [2.24, 2.45) is 5.84 Å². The van der Waals surface area contributed by atoms with Crippen LogP contribution in [0.2, 0.25) is 0 Å². The fourth-order valence-corrected chi connectivity index (χ4v) is 2.06. The van der Waals surface area contributed by atoms with E-state index in [1.807, 2.05) is 36.7 Å². The molecule has 21 heavy (non-hydrogen) atoms. The van der Waals surface area contributed by atoms with Gasteiger partial charge in [0.2, 0.25) is 0 Å². The van der Waals surface area contributed by atoms with Crippen LogP contribution in [0.5, 0.6) is 5.75 Å². The van der Waals surface area contributed by atoms with Gasteiger partial charge < -0.3 is 9.15 Å². The summed E-state index contributed by atoms with van der Waals surface area (Å²) >= 11 is 0. The van der Waals surface area contributed by atoms with E-state index in [0.29, 0.717) is 12.3 Å². The molecule has 0 aliphatic rings. The molecule has 6 nitrogen and oxygen atoms in total. The summed E-state index contributed by atoms with van der Waals surface area (Å²) in [4.78, 5) is 13.4. The summed E-state index contributed by atoms with van der Waals surface area (Å²) in [5, 5.41) is 0. The fourth-order valence-electron chi connectivity index (χ4n) is 2.06. The predicted octanol–water partition coefficient (Wildman–Crippen LogP) is 1.52. The molecule has 0 aliphatic carbocycles. The summed E-state index contributed by atoms with van der Waals surface area (Å²) in [5.41, 5.74) is 3.18. The van der Waals surface area contributed by atoms with Gasteiger partial charge in [-0.05, 0) is 36.9 Å². The summed E-state index contributed by atoms with van der Waals surface area (Å²) in [7, 11) is 3.63. The van der Waals surface area contributed by atoms with Gasteiger partial charge in [0.1, 0.15) is 11.5 Å². The summed E-state index contributed by atoms with van der Waals surface area (Å²) in [6.45, 7) is 1.34. The number of ether oxygens (including phenoxy) is 1. The molecular weight excluding hydrogens is 270 g/mol. The molecule has 112 valence electrons. The molecule has 0 saturated carbocycles. The molecule has 6 heteroatoms. The van der Waals surface area contributed by atoms with Crippen LogP contribution in [0, 0.1) is 0 Å². The highest BCUT2D eigenvalue weighted by molar-refractivity contribution is 5.90. The lowest BCUT2D eigenvalue weighted by molar-refractivity contribution is 0.0922. The second kappa shape index (κ2) is 6.92. The number of hydrazine groups is 1. The van der Waals surface area contributed by atoms with E-state index < -0.39 is 5.91 Å². The minimum atomic E-state index is -0.434. The van der Waals surface area contributed by atoms with Gasteiger partial charge in [0, 0.05) is 6.54 Å². The van der Waals surface area contributed by atoms with E-state index >= 15 is 0 Å². The number of benzene rings is 1. The first-order valence-corrected chi connectivity index (χ1v) is 6.53. The van der Waals surface area contributed by atoms with E-state index in [4.69, 9.17) is 15.0 Å². The number of nitrogens with two attached hydrogens (primary N) is 1. The van der Waals surface area contributed by atoms with Crippen molar-refractivity contribution in [2.45, 2.75) is 13.1 Å². The fraction of sp³-hybridized carbons (Fsp3) is 0.267. The third kappa shape index (κ3) is 4.08. The van der Waals surface area contributed by atoms with Crippen molar-refractivity contribution in [1.29, 1.82) is 0 Å². The van der Waals surface area contributed by atoms with Crippen LogP contribution in [0.15, 0.2) is 40.8 Å². The number of methoxy groups -OCH3 is 1. The van der Waals surface area contributed by atoms with E-state index in [9.17, 15) is 4.79 Å². The van der Waals surface area contributed by atoms with Gasteiger partial charge in [-0.2, -0.15) is 0 Å². The molecule has 0 bridgehead atoms. The van der Waals surface area contributed by atoms with Crippen LogP contribution in [0.4, 0.5) is 0 Å². The van der Waals surface area contributed by atoms with Crippen molar-refractivity contribution in [2.75, 3.05) is 14.2 Å². The van der Waals surface area contributed by atoms with Crippen molar-refractivity contribution in [3.8, 4) is 5.75 Å². The van der Waals surface area contributed by atoms with E-state index in [-0.39, 0.29) is 5.76 Å². The van der Waals surface area contributed by atoms with E-state index in [2.05, 4.69) is 4.90 Å². The van der Waals surface area contributed by atoms with Gasteiger partial charge in [-0.3, -0.25) is 15.1 Å². The number of nitrogen functional groups attached to an aromatic ring is 1. The standard InChI is InChI=1S/C15H19N3O3/c1-18(9-11-4-3-5-12(8-11)20-2)10-13-6-7-14(21-13)15(19)17-16/h3-8H,9-10,16H2,1-2H3,(H,17,19). The number of rotatable bonds is 6. The van der Waals surface area contributed by atoms with E-state index in [1.54, 1.807) is 19.2 Å². The van der Waals surface area contributed by atoms with Crippen LogP contribution in [-0.2, 0) is 13.1 Å². The monoisotopic (exact) mass is 289 g/mol. The molecule has 0 radical (unpaired) electrons. The van der Waals surface area contributed by atoms with Gasteiger partial charge in [0.25, 0.3) is 0 Å². The summed E-state index contributed by atoms with van der Waals surface area (Å²) < 4.78 is 10.6. The maximum absolute atomic E-state index is 11.3. The molecule has 1 aromatic carbocycles. The van der Waals surface area contributed by atoms with Crippen LogP contribution in [0.3, 0.4) is 0 Å². The van der Waals surface area contributed by atoms with Crippen LogP contribution in [-0.4, -0.2) is 25.0 Å². The Morgan fingerprint density at radius 2 is 2.14 bits per heavy atom. The highest BCUT2D eigenvalue weighted by Crippen LogP contribution is 2.16. The number of furan rings is 1. The highest BCUT2D eigenvalue weighted by atomic mass is 16.5. The molecule has 0 fully saturated rings. The van der Waals surface area contributed by atoms with Gasteiger partial charge in [0.15, 0.2) is 5.76 Å². The number of nitrogens with one attached hydrogen (secondary N) is 1. The first-order chi connectivity index (χ1) is 10.1. The molecule has 1 amide bonds. The minimum absolute atomic E-state index is 0.210. The maximum atomic E-state index is 11.3. The zero-order valence-electron chi connectivity index (χ0n) is 12.1. The Hall–Kier alpha value is -2.31. The first kappa shape index (κ1) is 15.1. The topological polar surface area (TPSA) is 80.7 Å². The van der Waals surface area contributed by atoms with Gasteiger partial charge >= 0.3 is 5.91 Å². The van der Waals surface area contributed by atoms with Gasteiger partial charge in [0.05, 0.1) is 13.7 Å². The quantitative estimate of drug-likeness (QED) is 0.479. The summed E-state index contributed by atoms with van der Waals surface area (Å²) in [5.74, 6) is 6.38. The Balaban J connectivity index is 1.96. The zero-order chi connectivity index (χ0) is 15.2. The normalized spacial score (nSPS) is 10.7. The molecule has 2 rings (SSSR count). The van der Waals surface area contributed by atoms with Gasteiger partial charge in [-0.15, -0.1) is 0 Å². The lowest BCUT2D eigenvalue weighted by Crippen LogP contribution is -2.29.